The van der Waals surface area contributed by atoms with Crippen molar-refractivity contribution in [1.82, 2.24) is 14.7 Å². The van der Waals surface area contributed by atoms with Gasteiger partial charge in [-0.15, -0.1) is 0 Å². The van der Waals surface area contributed by atoms with Gasteiger partial charge in [-0.05, 0) is 24.6 Å². The van der Waals surface area contributed by atoms with Gasteiger partial charge in [0.25, 0.3) is 0 Å². The standard InChI is InChI=1S/C22H31N3O5/c1-22(17-3-5-18(28-2)6-4-17)19(15-23-7-11-29-12-8-23)20(26)25(21(22)27)16-24-9-13-30-14-10-24/h3-6,19H,7-16H2,1-2H3/t19-,22+/m1/s1. The first-order valence-electron chi connectivity index (χ1n) is 10.6. The Balaban J connectivity index is 1.63. The molecule has 8 heteroatoms. The highest BCUT2D eigenvalue weighted by atomic mass is 16.5. The number of hydrogen-bond acceptors (Lipinski definition) is 7. The molecule has 0 radical (unpaired) electrons. The highest BCUT2D eigenvalue weighted by Crippen LogP contribution is 2.42. The number of benzene rings is 1. The van der Waals surface area contributed by atoms with Crippen LogP contribution in [0.5, 0.6) is 5.75 Å². The lowest BCUT2D eigenvalue weighted by atomic mass is 9.73. The summed E-state index contributed by atoms with van der Waals surface area (Å²) in [6.07, 6.45) is 0. The van der Waals surface area contributed by atoms with E-state index in [0.717, 1.165) is 37.5 Å². The molecule has 3 heterocycles. The Kier molecular flexibility index (Phi) is 6.38. The van der Waals surface area contributed by atoms with Crippen LogP contribution in [0.1, 0.15) is 12.5 Å². The summed E-state index contributed by atoms with van der Waals surface area (Å²) in [5, 5.41) is 0. The molecule has 3 aliphatic rings. The molecule has 30 heavy (non-hydrogen) atoms. The monoisotopic (exact) mass is 417 g/mol. The van der Waals surface area contributed by atoms with E-state index in [1.54, 1.807) is 7.11 Å². The highest BCUT2D eigenvalue weighted by Gasteiger charge is 2.57. The fourth-order valence-electron chi connectivity index (χ4n) is 4.61. The van der Waals surface area contributed by atoms with Gasteiger partial charge in [0.15, 0.2) is 0 Å². The van der Waals surface area contributed by atoms with Crippen LogP contribution in [-0.4, -0.2) is 99.4 Å². The summed E-state index contributed by atoms with van der Waals surface area (Å²) in [6, 6.07) is 7.53. The highest BCUT2D eigenvalue weighted by molar-refractivity contribution is 6.10. The van der Waals surface area contributed by atoms with E-state index in [2.05, 4.69) is 9.80 Å². The van der Waals surface area contributed by atoms with E-state index in [-0.39, 0.29) is 11.8 Å². The molecule has 0 saturated carbocycles. The summed E-state index contributed by atoms with van der Waals surface area (Å²) in [6.45, 7) is 8.38. The van der Waals surface area contributed by atoms with E-state index in [1.807, 2.05) is 31.2 Å². The lowest BCUT2D eigenvalue weighted by molar-refractivity contribution is -0.143. The summed E-state index contributed by atoms with van der Waals surface area (Å²) in [4.78, 5) is 33.0. The van der Waals surface area contributed by atoms with Crippen molar-refractivity contribution in [3.63, 3.8) is 0 Å². The van der Waals surface area contributed by atoms with Gasteiger partial charge in [0.2, 0.25) is 11.8 Å². The van der Waals surface area contributed by atoms with Gasteiger partial charge in [0, 0.05) is 32.7 Å². The SMILES string of the molecule is COc1ccc([C@]2(C)C(=O)N(CN3CCOCC3)C(=O)[C@H]2CN2CCOCC2)cc1. The van der Waals surface area contributed by atoms with E-state index >= 15 is 0 Å². The van der Waals surface area contributed by atoms with Gasteiger partial charge in [0.05, 0.1) is 51.5 Å². The van der Waals surface area contributed by atoms with Crippen LogP contribution in [0.2, 0.25) is 0 Å². The average molecular weight is 418 g/mol. The van der Waals surface area contributed by atoms with E-state index in [9.17, 15) is 9.59 Å². The van der Waals surface area contributed by atoms with Crippen molar-refractivity contribution in [2.75, 3.05) is 72.9 Å². The van der Waals surface area contributed by atoms with E-state index in [0.29, 0.717) is 39.6 Å². The van der Waals surface area contributed by atoms with Crippen molar-refractivity contribution in [1.29, 1.82) is 0 Å². The summed E-state index contributed by atoms with van der Waals surface area (Å²) in [5.74, 6) is 0.0882. The average Bonchev–Trinajstić information content (AvgIpc) is 2.97. The van der Waals surface area contributed by atoms with Gasteiger partial charge >= 0.3 is 0 Å². The number of likely N-dealkylation sites (tertiary alicyclic amines) is 1. The molecule has 2 amide bonds. The molecule has 3 fully saturated rings. The second-order valence-corrected chi connectivity index (χ2v) is 8.34. The predicted octanol–water partition coefficient (Wildman–Crippen LogP) is 0.560. The molecular weight excluding hydrogens is 386 g/mol. The van der Waals surface area contributed by atoms with Crippen LogP contribution in [0.15, 0.2) is 24.3 Å². The minimum atomic E-state index is -0.909. The molecule has 3 aliphatic heterocycles. The van der Waals surface area contributed by atoms with Crippen LogP contribution < -0.4 is 4.74 Å². The first-order valence-corrected chi connectivity index (χ1v) is 10.6. The predicted molar refractivity (Wildman–Crippen MR) is 110 cm³/mol. The Bertz CT molecular complexity index is 759. The number of hydrogen-bond donors (Lipinski definition) is 0. The Morgan fingerprint density at radius 1 is 0.967 bits per heavy atom. The van der Waals surface area contributed by atoms with Crippen LogP contribution >= 0.6 is 0 Å². The smallest absolute Gasteiger partial charge is 0.241 e. The van der Waals surface area contributed by atoms with Crippen molar-refractivity contribution < 1.29 is 23.8 Å². The third kappa shape index (κ3) is 3.97. The van der Waals surface area contributed by atoms with E-state index in [4.69, 9.17) is 14.2 Å². The minimum Gasteiger partial charge on any atom is -0.497 e. The Morgan fingerprint density at radius 2 is 1.53 bits per heavy atom. The second kappa shape index (κ2) is 9.01. The number of imide groups is 1. The number of morpholine rings is 2. The number of rotatable bonds is 6. The maximum Gasteiger partial charge on any atom is 0.241 e. The molecule has 0 aliphatic carbocycles. The lowest BCUT2D eigenvalue weighted by Gasteiger charge is -2.34. The van der Waals surface area contributed by atoms with Gasteiger partial charge in [-0.1, -0.05) is 12.1 Å². The Labute approximate surface area is 177 Å². The van der Waals surface area contributed by atoms with Crippen LogP contribution in [0, 0.1) is 5.92 Å². The summed E-state index contributed by atoms with van der Waals surface area (Å²) in [5.41, 5.74) is -0.0575. The van der Waals surface area contributed by atoms with Crippen molar-refractivity contribution in [3.05, 3.63) is 29.8 Å². The van der Waals surface area contributed by atoms with Gasteiger partial charge in [0.1, 0.15) is 5.75 Å². The second-order valence-electron chi connectivity index (χ2n) is 8.34. The molecule has 0 unspecified atom stereocenters. The molecule has 0 aromatic heterocycles. The minimum absolute atomic E-state index is 0.0868. The fraction of sp³-hybridized carbons (Fsp3) is 0.636. The molecule has 3 saturated heterocycles. The Hall–Kier alpha value is -2.00. The van der Waals surface area contributed by atoms with E-state index in [1.165, 1.54) is 4.90 Å². The first kappa shape index (κ1) is 21.2. The van der Waals surface area contributed by atoms with Crippen LogP contribution in [0.25, 0.3) is 0 Å². The zero-order valence-electron chi connectivity index (χ0n) is 17.8. The first-order chi connectivity index (χ1) is 14.5. The largest absolute Gasteiger partial charge is 0.497 e. The molecule has 164 valence electrons. The number of methoxy groups -OCH3 is 1. The molecule has 0 bridgehead atoms. The van der Waals surface area contributed by atoms with Gasteiger partial charge in [-0.25, -0.2) is 0 Å². The maximum absolute atomic E-state index is 13.7. The van der Waals surface area contributed by atoms with Crippen molar-refractivity contribution in [2.24, 2.45) is 5.92 Å². The van der Waals surface area contributed by atoms with Crippen LogP contribution in [0.3, 0.4) is 0 Å². The number of nitrogens with zero attached hydrogens (tertiary/aromatic N) is 3. The summed E-state index contributed by atoms with van der Waals surface area (Å²) >= 11 is 0. The summed E-state index contributed by atoms with van der Waals surface area (Å²) in [7, 11) is 1.62. The van der Waals surface area contributed by atoms with Gasteiger partial charge in [-0.2, -0.15) is 0 Å². The zero-order chi connectivity index (χ0) is 21.1. The molecule has 4 rings (SSSR count). The molecule has 0 spiro atoms. The number of carbonyl (C=O) groups excluding carboxylic acids is 2. The quantitative estimate of drug-likeness (QED) is 0.627. The number of carbonyl (C=O) groups is 2. The fourth-order valence-corrected chi connectivity index (χ4v) is 4.61. The van der Waals surface area contributed by atoms with Crippen molar-refractivity contribution >= 4 is 11.8 Å². The van der Waals surface area contributed by atoms with Gasteiger partial charge in [-0.3, -0.25) is 24.3 Å². The number of ether oxygens (including phenoxy) is 3. The van der Waals surface area contributed by atoms with Gasteiger partial charge < -0.3 is 14.2 Å². The Morgan fingerprint density at radius 3 is 2.10 bits per heavy atom. The van der Waals surface area contributed by atoms with E-state index < -0.39 is 11.3 Å². The molecule has 8 nitrogen and oxygen atoms in total. The van der Waals surface area contributed by atoms with Crippen LogP contribution in [-0.2, 0) is 24.5 Å². The molecule has 1 aromatic carbocycles. The maximum atomic E-state index is 13.7. The van der Waals surface area contributed by atoms with Crippen molar-refractivity contribution in [3.8, 4) is 5.75 Å². The number of amides is 2. The molecule has 1 aromatic rings. The normalized spacial score (nSPS) is 28.9. The van der Waals surface area contributed by atoms with Crippen LogP contribution in [0.4, 0.5) is 0 Å². The lowest BCUT2D eigenvalue weighted by Crippen LogP contribution is -2.47. The third-order valence-electron chi connectivity index (χ3n) is 6.63. The topological polar surface area (TPSA) is 71.6 Å². The molecule has 0 N–H and O–H groups in total. The summed E-state index contributed by atoms with van der Waals surface area (Å²) < 4.78 is 16.2. The zero-order valence-corrected chi connectivity index (χ0v) is 17.8. The third-order valence-corrected chi connectivity index (χ3v) is 6.63. The molecular formula is C22H31N3O5. The molecule has 2 atom stereocenters. The van der Waals surface area contributed by atoms with Crippen molar-refractivity contribution in [2.45, 2.75) is 12.3 Å².